The maximum Gasteiger partial charge on any atom is 0.406 e. The molecule has 1 unspecified atom stereocenters. The Morgan fingerprint density at radius 2 is 2.10 bits per heavy atom. The van der Waals surface area contributed by atoms with Crippen LogP contribution in [0.3, 0.4) is 0 Å². The van der Waals surface area contributed by atoms with Crippen LogP contribution in [0, 0.1) is 5.92 Å². The topological polar surface area (TPSA) is 60.9 Å². The first-order valence-corrected chi connectivity index (χ1v) is 6.91. The summed E-state index contributed by atoms with van der Waals surface area (Å²) < 4.78 is 37.0. The van der Waals surface area contributed by atoms with Gasteiger partial charge in [0.25, 0.3) is 0 Å². The summed E-state index contributed by atoms with van der Waals surface area (Å²) in [5.74, 6) is -1.70. The number of aliphatic hydroxyl groups is 1. The fraction of sp³-hybridized carbons (Fsp3) is 0.846. The van der Waals surface area contributed by atoms with E-state index in [9.17, 15) is 22.8 Å². The Morgan fingerprint density at radius 1 is 1.48 bits per heavy atom. The van der Waals surface area contributed by atoms with Gasteiger partial charge in [-0.3, -0.25) is 9.59 Å². The van der Waals surface area contributed by atoms with E-state index >= 15 is 0 Å². The van der Waals surface area contributed by atoms with Gasteiger partial charge in [0.2, 0.25) is 11.8 Å². The molecular weight excluding hydrogens is 289 g/mol. The first kappa shape index (κ1) is 17.7. The van der Waals surface area contributed by atoms with Crippen LogP contribution in [-0.4, -0.2) is 65.2 Å². The number of hydrogen-bond donors (Lipinski definition) is 1. The molecule has 0 radical (unpaired) electrons. The quantitative estimate of drug-likeness (QED) is 0.797. The molecule has 0 saturated carbocycles. The molecule has 1 atom stereocenters. The van der Waals surface area contributed by atoms with Gasteiger partial charge in [0, 0.05) is 32.2 Å². The van der Waals surface area contributed by atoms with Gasteiger partial charge >= 0.3 is 6.18 Å². The lowest BCUT2D eigenvalue weighted by Crippen LogP contribution is -2.43. The van der Waals surface area contributed by atoms with Crippen molar-refractivity contribution in [2.24, 2.45) is 5.92 Å². The summed E-state index contributed by atoms with van der Waals surface area (Å²) in [5.41, 5.74) is 0. The summed E-state index contributed by atoms with van der Waals surface area (Å²) in [6, 6.07) is -0.129. The van der Waals surface area contributed by atoms with E-state index < -0.39 is 24.5 Å². The number of hydrogen-bond acceptors (Lipinski definition) is 3. The Bertz CT molecular complexity index is 385. The number of carbonyl (C=O) groups excluding carboxylic acids is 2. The monoisotopic (exact) mass is 310 g/mol. The Balaban J connectivity index is 2.68. The first-order valence-electron chi connectivity index (χ1n) is 6.91. The van der Waals surface area contributed by atoms with E-state index in [0.717, 1.165) is 0 Å². The molecule has 1 saturated heterocycles. The molecule has 0 bridgehead atoms. The zero-order valence-corrected chi connectivity index (χ0v) is 12.2. The van der Waals surface area contributed by atoms with E-state index in [-0.39, 0.29) is 31.5 Å². The lowest BCUT2D eigenvalue weighted by atomic mass is 10.1. The molecule has 5 nitrogen and oxygen atoms in total. The van der Waals surface area contributed by atoms with Gasteiger partial charge < -0.3 is 14.9 Å². The second-order valence-electron chi connectivity index (χ2n) is 5.49. The highest BCUT2D eigenvalue weighted by atomic mass is 19.4. The first-order chi connectivity index (χ1) is 9.65. The van der Waals surface area contributed by atoms with Gasteiger partial charge in [-0.15, -0.1) is 0 Å². The molecule has 2 amide bonds. The van der Waals surface area contributed by atoms with Crippen molar-refractivity contribution in [3.8, 4) is 0 Å². The largest absolute Gasteiger partial charge is 0.406 e. The van der Waals surface area contributed by atoms with E-state index in [4.69, 9.17) is 5.11 Å². The van der Waals surface area contributed by atoms with Crippen molar-refractivity contribution in [3.63, 3.8) is 0 Å². The summed E-state index contributed by atoms with van der Waals surface area (Å²) in [4.78, 5) is 26.1. The van der Waals surface area contributed by atoms with Crippen molar-refractivity contribution in [1.29, 1.82) is 0 Å². The summed E-state index contributed by atoms with van der Waals surface area (Å²) in [6.07, 6.45) is -4.24. The van der Waals surface area contributed by atoms with Crippen LogP contribution in [-0.2, 0) is 9.59 Å². The third-order valence-corrected chi connectivity index (χ3v) is 3.40. The van der Waals surface area contributed by atoms with Gasteiger partial charge in [0.1, 0.15) is 6.54 Å². The zero-order chi connectivity index (χ0) is 16.2. The molecule has 0 aliphatic carbocycles. The van der Waals surface area contributed by atoms with Gasteiger partial charge in [-0.05, 0) is 20.3 Å². The highest BCUT2D eigenvalue weighted by Gasteiger charge is 2.41. The van der Waals surface area contributed by atoms with E-state index in [1.54, 1.807) is 13.8 Å². The summed E-state index contributed by atoms with van der Waals surface area (Å²) in [5, 5.41) is 8.83. The average molecular weight is 310 g/mol. The van der Waals surface area contributed by atoms with Gasteiger partial charge in [-0.2, -0.15) is 13.2 Å². The van der Waals surface area contributed by atoms with Crippen LogP contribution in [0.15, 0.2) is 0 Å². The van der Waals surface area contributed by atoms with Crippen LogP contribution in [0.2, 0.25) is 0 Å². The Labute approximate surface area is 121 Å². The number of halogens is 3. The summed E-state index contributed by atoms with van der Waals surface area (Å²) in [6.45, 7) is 2.34. The highest BCUT2D eigenvalue weighted by Crippen LogP contribution is 2.25. The Morgan fingerprint density at radius 3 is 2.57 bits per heavy atom. The van der Waals surface area contributed by atoms with Gasteiger partial charge in [-0.25, -0.2) is 0 Å². The SMILES string of the molecule is CC(C)N(CCCO)C(=O)C1CC(=O)N(CC(F)(F)F)C1. The molecule has 1 aliphatic heterocycles. The number of likely N-dealkylation sites (tertiary alicyclic amines) is 1. The van der Waals surface area contributed by atoms with Crippen LogP contribution >= 0.6 is 0 Å². The summed E-state index contributed by atoms with van der Waals surface area (Å²) in [7, 11) is 0. The maximum atomic E-state index is 12.3. The zero-order valence-electron chi connectivity index (χ0n) is 12.2. The number of aliphatic hydroxyl groups excluding tert-OH is 1. The van der Waals surface area contributed by atoms with Crippen LogP contribution in [0.5, 0.6) is 0 Å². The smallest absolute Gasteiger partial charge is 0.396 e. The Hall–Kier alpha value is -1.31. The number of carbonyl (C=O) groups is 2. The molecule has 21 heavy (non-hydrogen) atoms. The predicted molar refractivity (Wildman–Crippen MR) is 69.3 cm³/mol. The van der Waals surface area contributed by atoms with E-state index in [1.807, 2.05) is 0 Å². The minimum absolute atomic E-state index is 0.0692. The van der Waals surface area contributed by atoms with Crippen molar-refractivity contribution in [1.82, 2.24) is 9.80 Å². The third-order valence-electron chi connectivity index (χ3n) is 3.40. The van der Waals surface area contributed by atoms with Crippen molar-refractivity contribution in [2.45, 2.75) is 38.9 Å². The van der Waals surface area contributed by atoms with Crippen LogP contribution in [0.1, 0.15) is 26.7 Å². The molecule has 0 aromatic rings. The average Bonchev–Trinajstić information content (AvgIpc) is 2.68. The lowest BCUT2D eigenvalue weighted by Gasteiger charge is -2.29. The van der Waals surface area contributed by atoms with E-state index in [0.29, 0.717) is 17.9 Å². The van der Waals surface area contributed by atoms with E-state index in [2.05, 4.69) is 0 Å². The standard InChI is InChI=1S/C13H21F3N2O3/c1-9(2)18(4-3-5-19)12(21)10-6-11(20)17(7-10)8-13(14,15)16/h9-10,19H,3-8H2,1-2H3. The molecule has 1 aliphatic rings. The molecule has 122 valence electrons. The van der Waals surface area contributed by atoms with Crippen molar-refractivity contribution < 1.29 is 27.9 Å². The summed E-state index contributed by atoms with van der Waals surface area (Å²) >= 11 is 0. The number of nitrogens with zero attached hydrogens (tertiary/aromatic N) is 2. The van der Waals surface area contributed by atoms with Crippen molar-refractivity contribution >= 4 is 11.8 Å². The second kappa shape index (κ2) is 7.11. The fourth-order valence-corrected chi connectivity index (χ4v) is 2.41. The predicted octanol–water partition coefficient (Wildman–Crippen LogP) is 1.02. The minimum atomic E-state index is -4.46. The molecule has 8 heteroatoms. The number of alkyl halides is 3. The van der Waals surface area contributed by atoms with Crippen LogP contribution in [0.25, 0.3) is 0 Å². The molecule has 1 heterocycles. The maximum absolute atomic E-state index is 12.3. The molecular formula is C13H21F3N2O3. The second-order valence-corrected chi connectivity index (χ2v) is 5.49. The van der Waals surface area contributed by atoms with Gasteiger partial charge in [0.05, 0.1) is 5.92 Å². The van der Waals surface area contributed by atoms with Gasteiger partial charge in [0.15, 0.2) is 0 Å². The van der Waals surface area contributed by atoms with Crippen LogP contribution < -0.4 is 0 Å². The molecule has 0 spiro atoms. The third kappa shape index (κ3) is 5.18. The van der Waals surface area contributed by atoms with Gasteiger partial charge in [-0.1, -0.05) is 0 Å². The number of amides is 2. The fourth-order valence-electron chi connectivity index (χ4n) is 2.41. The molecule has 0 aromatic heterocycles. The Kier molecular flexibility index (Phi) is 6.00. The molecule has 1 N–H and O–H groups in total. The highest BCUT2D eigenvalue weighted by molar-refractivity contribution is 5.89. The molecule has 1 fully saturated rings. The van der Waals surface area contributed by atoms with E-state index in [1.165, 1.54) is 4.90 Å². The van der Waals surface area contributed by atoms with Crippen molar-refractivity contribution in [2.75, 3.05) is 26.2 Å². The molecule has 0 aromatic carbocycles. The minimum Gasteiger partial charge on any atom is -0.396 e. The number of rotatable bonds is 6. The lowest BCUT2D eigenvalue weighted by molar-refractivity contribution is -0.157. The van der Waals surface area contributed by atoms with Crippen molar-refractivity contribution in [3.05, 3.63) is 0 Å². The molecule has 1 rings (SSSR count). The van der Waals surface area contributed by atoms with Crippen LogP contribution in [0.4, 0.5) is 13.2 Å². The normalized spacial score (nSPS) is 19.5.